The monoisotopic (exact) mass is 305 g/mol. The Balaban J connectivity index is 2.17. The Morgan fingerprint density at radius 1 is 1.33 bits per heavy atom. The van der Waals surface area contributed by atoms with Crippen molar-refractivity contribution in [2.45, 2.75) is 12.8 Å². The van der Waals surface area contributed by atoms with Crippen molar-refractivity contribution < 1.29 is 9.47 Å². The summed E-state index contributed by atoms with van der Waals surface area (Å²) < 4.78 is 10.7. The molecule has 0 heterocycles. The summed E-state index contributed by atoms with van der Waals surface area (Å²) >= 11 is 5.12. The summed E-state index contributed by atoms with van der Waals surface area (Å²) in [6, 6.07) is 3.97. The van der Waals surface area contributed by atoms with Crippen LogP contribution in [-0.2, 0) is 6.42 Å². The molecule has 0 bridgehead atoms. The Labute approximate surface area is 130 Å². The molecule has 5 nitrogen and oxygen atoms in total. The standard InChI is InChI=1S/C15H19N3O2S/c1-4-7-16-15(21)18-17-12-6-5-10-8-13(19-2)14(20-3)9-11(10)12/h4,8-9H,1,5-7H2,2-3H3,(H2,16,18,21)/b17-12+. The van der Waals surface area contributed by atoms with Crippen LogP contribution in [0.1, 0.15) is 17.5 Å². The van der Waals surface area contributed by atoms with Crippen molar-refractivity contribution in [3.63, 3.8) is 0 Å². The van der Waals surface area contributed by atoms with E-state index < -0.39 is 0 Å². The van der Waals surface area contributed by atoms with Crippen molar-refractivity contribution in [1.82, 2.24) is 10.7 Å². The van der Waals surface area contributed by atoms with Gasteiger partial charge in [-0.1, -0.05) is 6.08 Å². The van der Waals surface area contributed by atoms with Crippen molar-refractivity contribution in [2.75, 3.05) is 20.8 Å². The third-order valence-corrected chi connectivity index (χ3v) is 3.49. The van der Waals surface area contributed by atoms with E-state index in [9.17, 15) is 0 Å². The molecule has 2 N–H and O–H groups in total. The maximum absolute atomic E-state index is 5.34. The lowest BCUT2D eigenvalue weighted by Gasteiger charge is -2.10. The van der Waals surface area contributed by atoms with E-state index in [0.29, 0.717) is 17.4 Å². The molecule has 1 aromatic carbocycles. The van der Waals surface area contributed by atoms with Gasteiger partial charge in [-0.05, 0) is 42.8 Å². The first-order chi connectivity index (χ1) is 10.2. The number of fused-ring (bicyclic) bond motifs is 1. The van der Waals surface area contributed by atoms with Gasteiger partial charge in [0.1, 0.15) is 0 Å². The fraction of sp³-hybridized carbons (Fsp3) is 0.333. The van der Waals surface area contributed by atoms with E-state index in [2.05, 4.69) is 22.4 Å². The van der Waals surface area contributed by atoms with Gasteiger partial charge in [0.05, 0.1) is 19.9 Å². The molecule has 0 unspecified atom stereocenters. The summed E-state index contributed by atoms with van der Waals surface area (Å²) in [6.45, 7) is 4.23. The molecule has 6 heteroatoms. The number of methoxy groups -OCH3 is 2. The van der Waals surface area contributed by atoms with Crippen LogP contribution in [0.25, 0.3) is 0 Å². The zero-order valence-electron chi connectivity index (χ0n) is 12.2. The van der Waals surface area contributed by atoms with Gasteiger partial charge < -0.3 is 14.8 Å². The van der Waals surface area contributed by atoms with Gasteiger partial charge >= 0.3 is 0 Å². The minimum Gasteiger partial charge on any atom is -0.493 e. The van der Waals surface area contributed by atoms with Crippen molar-refractivity contribution in [3.05, 3.63) is 35.9 Å². The molecular weight excluding hydrogens is 286 g/mol. The van der Waals surface area contributed by atoms with Crippen LogP contribution in [0.3, 0.4) is 0 Å². The molecule has 0 radical (unpaired) electrons. The highest BCUT2D eigenvalue weighted by Crippen LogP contribution is 2.34. The van der Waals surface area contributed by atoms with Crippen LogP contribution < -0.4 is 20.2 Å². The Bertz CT molecular complexity index is 585. The average Bonchev–Trinajstić information content (AvgIpc) is 2.91. The third kappa shape index (κ3) is 3.52. The number of aryl methyl sites for hydroxylation is 1. The van der Waals surface area contributed by atoms with Crippen LogP contribution in [0.15, 0.2) is 29.9 Å². The van der Waals surface area contributed by atoms with Gasteiger partial charge in [-0.3, -0.25) is 5.43 Å². The van der Waals surface area contributed by atoms with E-state index in [4.69, 9.17) is 21.7 Å². The number of nitrogens with zero attached hydrogens (tertiary/aromatic N) is 1. The molecule has 2 rings (SSSR count). The normalized spacial score (nSPS) is 14.5. The average molecular weight is 305 g/mol. The number of hydrogen-bond donors (Lipinski definition) is 2. The van der Waals surface area contributed by atoms with Crippen LogP contribution in [0.2, 0.25) is 0 Å². The molecule has 0 amide bonds. The molecule has 21 heavy (non-hydrogen) atoms. The van der Waals surface area contributed by atoms with E-state index in [1.165, 1.54) is 5.56 Å². The van der Waals surface area contributed by atoms with Gasteiger partial charge in [-0.25, -0.2) is 0 Å². The highest BCUT2D eigenvalue weighted by atomic mass is 32.1. The number of thiocarbonyl (C=S) groups is 1. The van der Waals surface area contributed by atoms with Crippen LogP contribution in [0, 0.1) is 0 Å². The second-order valence-electron chi connectivity index (χ2n) is 4.53. The number of nitrogens with one attached hydrogen (secondary N) is 2. The Morgan fingerprint density at radius 2 is 2.05 bits per heavy atom. The molecule has 0 saturated carbocycles. The van der Waals surface area contributed by atoms with E-state index in [1.807, 2.05) is 12.1 Å². The minimum atomic E-state index is 0.483. The Kier molecular flexibility index (Phi) is 5.16. The first kappa shape index (κ1) is 15.3. The topological polar surface area (TPSA) is 54.9 Å². The third-order valence-electron chi connectivity index (χ3n) is 3.25. The first-order valence-electron chi connectivity index (χ1n) is 6.66. The second-order valence-corrected chi connectivity index (χ2v) is 4.94. The molecule has 112 valence electrons. The van der Waals surface area contributed by atoms with Crippen LogP contribution >= 0.6 is 12.2 Å². The van der Waals surface area contributed by atoms with Crippen LogP contribution in [-0.4, -0.2) is 31.6 Å². The number of benzene rings is 1. The quantitative estimate of drug-likeness (QED) is 0.495. The van der Waals surface area contributed by atoms with Gasteiger partial charge in [0.25, 0.3) is 0 Å². The summed E-state index contributed by atoms with van der Waals surface area (Å²) in [4.78, 5) is 0. The van der Waals surface area contributed by atoms with Crippen molar-refractivity contribution in [3.8, 4) is 11.5 Å². The van der Waals surface area contributed by atoms with Gasteiger partial charge in [-0.2, -0.15) is 5.10 Å². The van der Waals surface area contributed by atoms with E-state index in [1.54, 1.807) is 20.3 Å². The Morgan fingerprint density at radius 3 is 2.71 bits per heavy atom. The predicted octanol–water partition coefficient (Wildman–Crippen LogP) is 2.00. The molecule has 0 fully saturated rings. The van der Waals surface area contributed by atoms with E-state index >= 15 is 0 Å². The summed E-state index contributed by atoms with van der Waals surface area (Å²) in [6.07, 6.45) is 3.54. The summed E-state index contributed by atoms with van der Waals surface area (Å²) in [5.41, 5.74) is 6.10. The fourth-order valence-electron chi connectivity index (χ4n) is 2.22. The highest BCUT2D eigenvalue weighted by Gasteiger charge is 2.21. The maximum atomic E-state index is 5.34. The van der Waals surface area contributed by atoms with Gasteiger partial charge in [0.15, 0.2) is 16.6 Å². The van der Waals surface area contributed by atoms with Crippen LogP contribution in [0.5, 0.6) is 11.5 Å². The summed E-state index contributed by atoms with van der Waals surface area (Å²) in [5.74, 6) is 1.45. The fourth-order valence-corrected chi connectivity index (χ4v) is 2.35. The van der Waals surface area contributed by atoms with Crippen molar-refractivity contribution >= 4 is 23.0 Å². The molecular formula is C15H19N3O2S. The molecule has 0 spiro atoms. The lowest BCUT2D eigenvalue weighted by Crippen LogP contribution is -2.32. The van der Waals surface area contributed by atoms with Gasteiger partial charge in [-0.15, -0.1) is 6.58 Å². The molecule has 1 aliphatic carbocycles. The SMILES string of the molecule is C=CCNC(=S)N/N=C1\CCc2cc(OC)c(OC)cc21. The molecule has 1 aliphatic rings. The lowest BCUT2D eigenvalue weighted by atomic mass is 10.1. The summed E-state index contributed by atoms with van der Waals surface area (Å²) in [5, 5.41) is 7.83. The molecule has 0 saturated heterocycles. The molecule has 0 atom stereocenters. The molecule has 1 aromatic rings. The van der Waals surface area contributed by atoms with Gasteiger partial charge in [0.2, 0.25) is 0 Å². The van der Waals surface area contributed by atoms with E-state index in [-0.39, 0.29) is 0 Å². The van der Waals surface area contributed by atoms with E-state index in [0.717, 1.165) is 29.9 Å². The second kappa shape index (κ2) is 7.08. The van der Waals surface area contributed by atoms with Crippen molar-refractivity contribution in [2.24, 2.45) is 5.10 Å². The zero-order chi connectivity index (χ0) is 15.2. The number of hydrogen-bond acceptors (Lipinski definition) is 4. The first-order valence-corrected chi connectivity index (χ1v) is 7.07. The number of hydrazone groups is 1. The largest absolute Gasteiger partial charge is 0.493 e. The maximum Gasteiger partial charge on any atom is 0.187 e. The van der Waals surface area contributed by atoms with Gasteiger partial charge in [0, 0.05) is 12.1 Å². The molecule has 0 aromatic heterocycles. The van der Waals surface area contributed by atoms with Crippen molar-refractivity contribution in [1.29, 1.82) is 0 Å². The summed E-state index contributed by atoms with van der Waals surface area (Å²) in [7, 11) is 3.27. The molecule has 0 aliphatic heterocycles. The zero-order valence-corrected chi connectivity index (χ0v) is 13.0. The lowest BCUT2D eigenvalue weighted by molar-refractivity contribution is 0.354. The highest BCUT2D eigenvalue weighted by molar-refractivity contribution is 7.80. The minimum absolute atomic E-state index is 0.483. The van der Waals surface area contributed by atoms with Crippen LogP contribution in [0.4, 0.5) is 0 Å². The smallest absolute Gasteiger partial charge is 0.187 e. The predicted molar refractivity (Wildman–Crippen MR) is 88.3 cm³/mol. The number of ether oxygens (including phenoxy) is 2. The Hall–Kier alpha value is -2.08. The number of rotatable bonds is 5.